The summed E-state index contributed by atoms with van der Waals surface area (Å²) < 4.78 is 0. The van der Waals surface area contributed by atoms with E-state index in [1.807, 2.05) is 0 Å². The van der Waals surface area contributed by atoms with E-state index in [2.05, 4.69) is 17.5 Å². The molecule has 5 saturated carbocycles. The van der Waals surface area contributed by atoms with Crippen molar-refractivity contribution in [2.75, 3.05) is 6.54 Å². The van der Waals surface area contributed by atoms with Gasteiger partial charge < -0.3 is 5.32 Å². The van der Waals surface area contributed by atoms with E-state index in [0.29, 0.717) is 0 Å². The zero-order valence-corrected chi connectivity index (χ0v) is 10.8. The Balaban J connectivity index is 1.37. The molecule has 17 heavy (non-hydrogen) atoms. The minimum absolute atomic E-state index is 0.859. The van der Waals surface area contributed by atoms with Crippen molar-refractivity contribution in [1.29, 1.82) is 0 Å². The van der Waals surface area contributed by atoms with Crippen LogP contribution in [0.15, 0.2) is 12.2 Å². The van der Waals surface area contributed by atoms with Crippen LogP contribution in [-0.4, -0.2) is 12.6 Å². The molecular formula is C16H25N. The summed E-state index contributed by atoms with van der Waals surface area (Å²) in [5, 5.41) is 3.59. The molecule has 0 aromatic heterocycles. The molecule has 5 rings (SSSR count). The second-order valence-electron chi connectivity index (χ2n) is 7.12. The molecule has 94 valence electrons. The molecule has 5 aliphatic rings. The van der Waals surface area contributed by atoms with Gasteiger partial charge in [0.1, 0.15) is 0 Å². The lowest BCUT2D eigenvalue weighted by molar-refractivity contribution is -0.0162. The zero-order chi connectivity index (χ0) is 11.2. The van der Waals surface area contributed by atoms with Crippen molar-refractivity contribution in [3.8, 4) is 0 Å². The van der Waals surface area contributed by atoms with E-state index in [9.17, 15) is 0 Å². The van der Waals surface area contributed by atoms with E-state index in [-0.39, 0.29) is 0 Å². The van der Waals surface area contributed by atoms with Crippen molar-refractivity contribution in [2.45, 2.75) is 51.0 Å². The first-order chi connectivity index (χ1) is 8.38. The number of hydrogen-bond acceptors (Lipinski definition) is 1. The fourth-order valence-electron chi connectivity index (χ4n) is 5.03. The van der Waals surface area contributed by atoms with Crippen LogP contribution in [0, 0.1) is 29.6 Å². The molecule has 0 unspecified atom stereocenters. The molecule has 1 heteroatoms. The summed E-state index contributed by atoms with van der Waals surface area (Å²) in [5.41, 5.74) is 0. The van der Waals surface area contributed by atoms with Gasteiger partial charge in [-0.25, -0.2) is 0 Å². The Hall–Kier alpha value is -0.300. The van der Waals surface area contributed by atoms with Crippen LogP contribution in [0.4, 0.5) is 0 Å². The summed E-state index contributed by atoms with van der Waals surface area (Å²) in [6.45, 7) is 1.12. The number of allylic oxidation sites excluding steroid dienone is 1. The Morgan fingerprint density at radius 3 is 2.12 bits per heavy atom. The van der Waals surface area contributed by atoms with Crippen molar-refractivity contribution < 1.29 is 0 Å². The minimum Gasteiger partial charge on any atom is -0.311 e. The Labute approximate surface area is 105 Å². The molecule has 0 heterocycles. The van der Waals surface area contributed by atoms with Crippen molar-refractivity contribution in [3.05, 3.63) is 12.2 Å². The van der Waals surface area contributed by atoms with Gasteiger partial charge in [-0.2, -0.15) is 0 Å². The SMILES string of the molecule is C(=C\C1C2CC3CC(C2)CC1C3)/CNC1CC1. The highest BCUT2D eigenvalue weighted by Crippen LogP contribution is 2.56. The summed E-state index contributed by atoms with van der Waals surface area (Å²) in [4.78, 5) is 0. The molecule has 0 atom stereocenters. The first-order valence-corrected chi connectivity index (χ1v) is 7.78. The summed E-state index contributed by atoms with van der Waals surface area (Å²) >= 11 is 0. The Morgan fingerprint density at radius 1 is 0.882 bits per heavy atom. The van der Waals surface area contributed by atoms with Crippen LogP contribution < -0.4 is 5.32 Å². The summed E-state index contributed by atoms with van der Waals surface area (Å²) in [5.74, 6) is 5.30. The van der Waals surface area contributed by atoms with Gasteiger partial charge in [0.05, 0.1) is 0 Å². The van der Waals surface area contributed by atoms with Gasteiger partial charge in [0.25, 0.3) is 0 Å². The highest BCUT2D eigenvalue weighted by Gasteiger charge is 2.46. The van der Waals surface area contributed by atoms with Crippen LogP contribution in [0.5, 0.6) is 0 Å². The molecule has 0 saturated heterocycles. The van der Waals surface area contributed by atoms with Crippen molar-refractivity contribution in [3.63, 3.8) is 0 Å². The van der Waals surface area contributed by atoms with Crippen molar-refractivity contribution >= 4 is 0 Å². The Morgan fingerprint density at radius 2 is 1.53 bits per heavy atom. The molecule has 0 radical (unpaired) electrons. The molecule has 0 aliphatic heterocycles. The predicted octanol–water partition coefficient (Wildman–Crippen LogP) is 3.37. The van der Waals surface area contributed by atoms with Crippen LogP contribution in [0.1, 0.15) is 44.9 Å². The van der Waals surface area contributed by atoms with Crippen molar-refractivity contribution in [2.24, 2.45) is 29.6 Å². The lowest BCUT2D eigenvalue weighted by Crippen LogP contribution is -2.44. The highest BCUT2D eigenvalue weighted by atomic mass is 14.9. The van der Waals surface area contributed by atoms with Gasteiger partial charge in [0.15, 0.2) is 0 Å². The molecule has 0 aromatic rings. The Kier molecular flexibility index (Phi) is 2.57. The lowest BCUT2D eigenvalue weighted by atomic mass is 9.52. The number of nitrogens with one attached hydrogen (secondary N) is 1. The smallest absolute Gasteiger partial charge is 0.0137 e. The molecule has 0 amide bonds. The summed E-state index contributed by atoms with van der Waals surface area (Å²) in [6, 6.07) is 0.859. The van der Waals surface area contributed by atoms with Gasteiger partial charge >= 0.3 is 0 Å². The third-order valence-electron chi connectivity index (χ3n) is 5.76. The highest BCUT2D eigenvalue weighted by molar-refractivity contribution is 5.06. The average Bonchev–Trinajstić information content (AvgIpc) is 3.10. The van der Waals surface area contributed by atoms with Gasteiger partial charge in [-0.05, 0) is 74.5 Å². The van der Waals surface area contributed by atoms with E-state index in [4.69, 9.17) is 0 Å². The van der Waals surface area contributed by atoms with Crippen molar-refractivity contribution in [1.82, 2.24) is 5.32 Å². The normalized spacial score (nSPS) is 48.1. The van der Waals surface area contributed by atoms with E-state index >= 15 is 0 Å². The molecule has 5 fully saturated rings. The largest absolute Gasteiger partial charge is 0.311 e. The second-order valence-corrected chi connectivity index (χ2v) is 7.12. The predicted molar refractivity (Wildman–Crippen MR) is 70.7 cm³/mol. The molecular weight excluding hydrogens is 206 g/mol. The standard InChI is InChI=1S/C16H25N/c1(5-17-15-3-4-15)2-16-13-7-11-6-12(9-13)10-14(16)8-11/h1-2,11-17H,3-10H2/b2-1+. The van der Waals surface area contributed by atoms with Gasteiger partial charge in [0.2, 0.25) is 0 Å². The van der Waals surface area contributed by atoms with Gasteiger partial charge in [-0.3, -0.25) is 0 Å². The van der Waals surface area contributed by atoms with E-state index in [1.165, 1.54) is 12.8 Å². The average molecular weight is 231 g/mol. The lowest BCUT2D eigenvalue weighted by Gasteiger charge is -2.53. The first kappa shape index (κ1) is 10.6. The molecule has 4 bridgehead atoms. The van der Waals surface area contributed by atoms with Gasteiger partial charge in [-0.15, -0.1) is 0 Å². The number of rotatable bonds is 4. The zero-order valence-electron chi connectivity index (χ0n) is 10.8. The molecule has 1 nitrogen and oxygen atoms in total. The summed E-state index contributed by atoms with van der Waals surface area (Å²) in [6.07, 6.45) is 15.6. The maximum Gasteiger partial charge on any atom is 0.0137 e. The monoisotopic (exact) mass is 231 g/mol. The molecule has 0 spiro atoms. The van der Waals surface area contributed by atoms with Gasteiger partial charge in [-0.1, -0.05) is 12.2 Å². The third-order valence-corrected chi connectivity index (χ3v) is 5.76. The fourth-order valence-corrected chi connectivity index (χ4v) is 5.03. The van der Waals surface area contributed by atoms with Gasteiger partial charge in [0, 0.05) is 12.6 Å². The van der Waals surface area contributed by atoms with Crippen LogP contribution in [-0.2, 0) is 0 Å². The minimum atomic E-state index is 0.859. The van der Waals surface area contributed by atoms with Crippen LogP contribution in [0.3, 0.4) is 0 Å². The van der Waals surface area contributed by atoms with E-state index in [0.717, 1.165) is 42.2 Å². The van der Waals surface area contributed by atoms with Crippen LogP contribution in [0.25, 0.3) is 0 Å². The first-order valence-electron chi connectivity index (χ1n) is 7.78. The maximum atomic E-state index is 3.59. The Bertz CT molecular complexity index is 287. The van der Waals surface area contributed by atoms with E-state index in [1.54, 1.807) is 32.1 Å². The maximum absolute atomic E-state index is 3.59. The molecule has 1 N–H and O–H groups in total. The summed E-state index contributed by atoms with van der Waals surface area (Å²) in [7, 11) is 0. The number of hydrogen-bond donors (Lipinski definition) is 1. The quantitative estimate of drug-likeness (QED) is 0.732. The molecule has 0 aromatic carbocycles. The molecule has 5 aliphatic carbocycles. The fraction of sp³-hybridized carbons (Fsp3) is 0.875. The second kappa shape index (κ2) is 4.12. The third kappa shape index (κ3) is 2.07. The van der Waals surface area contributed by atoms with Crippen LogP contribution in [0.2, 0.25) is 0 Å². The van der Waals surface area contributed by atoms with E-state index < -0.39 is 0 Å². The topological polar surface area (TPSA) is 12.0 Å². The van der Waals surface area contributed by atoms with Crippen LogP contribution >= 0.6 is 0 Å².